The second-order valence-electron chi connectivity index (χ2n) is 2.66. The number of aryl methyl sites for hydroxylation is 1. The molecule has 1 rings (SSSR count). The molecule has 0 heterocycles. The number of hydrogen-bond donors (Lipinski definition) is 1. The van der Waals surface area contributed by atoms with Crippen LogP contribution in [-0.4, -0.2) is 11.0 Å². The summed E-state index contributed by atoms with van der Waals surface area (Å²) in [5.41, 5.74) is 1.99. The van der Waals surface area contributed by atoms with Crippen molar-refractivity contribution in [1.82, 2.24) is 0 Å². The third-order valence-electron chi connectivity index (χ3n) is 1.66. The summed E-state index contributed by atoms with van der Waals surface area (Å²) in [4.78, 5) is 11.2. The van der Waals surface area contributed by atoms with Crippen LogP contribution >= 0.6 is 11.8 Å². The lowest BCUT2D eigenvalue weighted by Crippen LogP contribution is -2.05. The molecule has 0 aromatic heterocycles. The second kappa shape index (κ2) is 4.92. The number of anilines is 1. The van der Waals surface area contributed by atoms with Gasteiger partial charge >= 0.3 is 0 Å². The molecular weight excluding hydrogens is 182 g/mol. The van der Waals surface area contributed by atoms with Crippen molar-refractivity contribution < 1.29 is 4.79 Å². The molecule has 0 saturated heterocycles. The number of carbonyl (C=O) groups is 1. The molecule has 0 aliphatic heterocycles. The van der Waals surface area contributed by atoms with Gasteiger partial charge in [-0.05, 0) is 24.3 Å². The van der Waals surface area contributed by atoms with Gasteiger partial charge in [0.1, 0.15) is 0 Å². The molecule has 3 heteroatoms. The van der Waals surface area contributed by atoms with Gasteiger partial charge in [0.25, 0.3) is 5.24 Å². The van der Waals surface area contributed by atoms with Crippen LogP contribution in [0.4, 0.5) is 10.5 Å². The number of benzene rings is 1. The van der Waals surface area contributed by atoms with E-state index in [0.717, 1.165) is 17.0 Å². The van der Waals surface area contributed by atoms with Gasteiger partial charge in [-0.25, -0.2) is 0 Å². The van der Waals surface area contributed by atoms with E-state index in [2.05, 4.69) is 5.32 Å². The van der Waals surface area contributed by atoms with Crippen LogP contribution in [0.5, 0.6) is 0 Å². The minimum atomic E-state index is 0.0109. The van der Waals surface area contributed by atoms with Crippen molar-refractivity contribution >= 4 is 22.7 Å². The minimum Gasteiger partial charge on any atom is -0.317 e. The summed E-state index contributed by atoms with van der Waals surface area (Å²) in [6.07, 6.45) is 0. The van der Waals surface area contributed by atoms with Crippen LogP contribution in [0.3, 0.4) is 0 Å². The van der Waals surface area contributed by atoms with Crippen LogP contribution in [0.25, 0.3) is 0 Å². The van der Waals surface area contributed by atoms with Crippen molar-refractivity contribution in [2.24, 2.45) is 0 Å². The monoisotopic (exact) mass is 195 g/mol. The Bertz CT molecular complexity index is 299. The highest BCUT2D eigenvalue weighted by Crippen LogP contribution is 2.15. The topological polar surface area (TPSA) is 29.1 Å². The SMILES string of the molecule is CCSC(=O)Nc1ccccc1C. The van der Waals surface area contributed by atoms with Crippen LogP contribution in [0.15, 0.2) is 24.3 Å². The van der Waals surface area contributed by atoms with E-state index in [1.165, 1.54) is 11.8 Å². The average molecular weight is 195 g/mol. The van der Waals surface area contributed by atoms with E-state index in [1.807, 2.05) is 38.1 Å². The lowest BCUT2D eigenvalue weighted by molar-refractivity contribution is 0.270. The number of amides is 1. The van der Waals surface area contributed by atoms with Crippen LogP contribution in [-0.2, 0) is 0 Å². The zero-order chi connectivity index (χ0) is 9.68. The third kappa shape index (κ3) is 3.11. The van der Waals surface area contributed by atoms with Crippen molar-refractivity contribution in [2.45, 2.75) is 13.8 Å². The summed E-state index contributed by atoms with van der Waals surface area (Å²) < 4.78 is 0. The smallest absolute Gasteiger partial charge is 0.283 e. The van der Waals surface area contributed by atoms with Gasteiger partial charge in [0.05, 0.1) is 0 Å². The molecule has 2 nitrogen and oxygen atoms in total. The maximum atomic E-state index is 11.2. The third-order valence-corrected chi connectivity index (χ3v) is 2.31. The van der Waals surface area contributed by atoms with E-state index in [0.29, 0.717) is 0 Å². The van der Waals surface area contributed by atoms with Gasteiger partial charge in [-0.2, -0.15) is 0 Å². The number of thioether (sulfide) groups is 1. The zero-order valence-corrected chi connectivity index (χ0v) is 8.65. The first-order valence-corrected chi connectivity index (χ1v) is 5.22. The highest BCUT2D eigenvalue weighted by atomic mass is 32.2. The summed E-state index contributed by atoms with van der Waals surface area (Å²) >= 11 is 1.28. The molecule has 70 valence electrons. The highest BCUT2D eigenvalue weighted by molar-refractivity contribution is 8.13. The molecular formula is C10H13NOS. The van der Waals surface area contributed by atoms with E-state index in [1.54, 1.807) is 0 Å². The first-order chi connectivity index (χ1) is 6.24. The number of hydrogen-bond acceptors (Lipinski definition) is 2. The van der Waals surface area contributed by atoms with Crippen molar-refractivity contribution in [3.05, 3.63) is 29.8 Å². The predicted octanol–water partition coefficient (Wildman–Crippen LogP) is 3.28. The summed E-state index contributed by atoms with van der Waals surface area (Å²) in [5.74, 6) is 0.803. The Labute approximate surface area is 82.7 Å². The van der Waals surface area contributed by atoms with Crippen molar-refractivity contribution in [3.63, 3.8) is 0 Å². The first-order valence-electron chi connectivity index (χ1n) is 4.23. The van der Waals surface area contributed by atoms with E-state index < -0.39 is 0 Å². The van der Waals surface area contributed by atoms with E-state index >= 15 is 0 Å². The fraction of sp³-hybridized carbons (Fsp3) is 0.300. The summed E-state index contributed by atoms with van der Waals surface area (Å²) in [6.45, 7) is 3.94. The lowest BCUT2D eigenvalue weighted by atomic mass is 10.2. The molecule has 0 radical (unpaired) electrons. The Morgan fingerprint density at radius 3 is 2.77 bits per heavy atom. The van der Waals surface area contributed by atoms with Crippen LogP contribution in [0, 0.1) is 6.92 Å². The number of rotatable bonds is 2. The van der Waals surface area contributed by atoms with Crippen molar-refractivity contribution in [3.8, 4) is 0 Å². The molecule has 0 atom stereocenters. The van der Waals surface area contributed by atoms with Crippen LogP contribution in [0.1, 0.15) is 12.5 Å². The molecule has 13 heavy (non-hydrogen) atoms. The van der Waals surface area contributed by atoms with Gasteiger partial charge in [-0.3, -0.25) is 4.79 Å². The van der Waals surface area contributed by atoms with Gasteiger partial charge in [-0.15, -0.1) is 0 Å². The Morgan fingerprint density at radius 1 is 1.46 bits per heavy atom. The van der Waals surface area contributed by atoms with Crippen LogP contribution < -0.4 is 5.32 Å². The Hall–Kier alpha value is -0.960. The summed E-state index contributed by atoms with van der Waals surface area (Å²) in [5, 5.41) is 2.85. The second-order valence-corrected chi connectivity index (χ2v) is 3.90. The maximum absolute atomic E-state index is 11.2. The Kier molecular flexibility index (Phi) is 3.83. The van der Waals surface area contributed by atoms with E-state index in [-0.39, 0.29) is 5.24 Å². The molecule has 0 fully saturated rings. The summed E-state index contributed by atoms with van der Waals surface area (Å²) in [6, 6.07) is 7.76. The van der Waals surface area contributed by atoms with Gasteiger partial charge in [0, 0.05) is 5.69 Å². The van der Waals surface area contributed by atoms with E-state index in [4.69, 9.17) is 0 Å². The quantitative estimate of drug-likeness (QED) is 0.784. The van der Waals surface area contributed by atoms with E-state index in [9.17, 15) is 4.79 Å². The van der Waals surface area contributed by atoms with Crippen molar-refractivity contribution in [1.29, 1.82) is 0 Å². The van der Waals surface area contributed by atoms with Crippen LogP contribution in [0.2, 0.25) is 0 Å². The Balaban J connectivity index is 2.63. The zero-order valence-electron chi connectivity index (χ0n) is 7.83. The normalized spacial score (nSPS) is 9.69. The van der Waals surface area contributed by atoms with Gasteiger partial charge in [0.2, 0.25) is 0 Å². The maximum Gasteiger partial charge on any atom is 0.283 e. The van der Waals surface area contributed by atoms with Gasteiger partial charge < -0.3 is 5.32 Å². The number of para-hydroxylation sites is 1. The molecule has 0 unspecified atom stereocenters. The predicted molar refractivity (Wildman–Crippen MR) is 58.3 cm³/mol. The average Bonchev–Trinajstić information content (AvgIpc) is 2.09. The van der Waals surface area contributed by atoms with Gasteiger partial charge in [0.15, 0.2) is 0 Å². The molecule has 1 aromatic rings. The molecule has 1 aromatic carbocycles. The standard InChI is InChI=1S/C10H13NOS/c1-3-13-10(12)11-9-7-5-4-6-8(9)2/h4-7H,3H2,1-2H3,(H,11,12). The molecule has 1 N–H and O–H groups in total. The first kappa shape index (κ1) is 10.1. The fourth-order valence-electron chi connectivity index (χ4n) is 0.990. The lowest BCUT2D eigenvalue weighted by Gasteiger charge is -2.05. The number of carbonyl (C=O) groups excluding carboxylic acids is 1. The molecule has 1 amide bonds. The molecule has 0 saturated carbocycles. The number of nitrogens with one attached hydrogen (secondary N) is 1. The fourth-order valence-corrected chi connectivity index (χ4v) is 1.43. The molecule has 0 spiro atoms. The molecule has 0 bridgehead atoms. The molecule has 0 aliphatic rings. The highest BCUT2D eigenvalue weighted by Gasteiger charge is 2.02. The van der Waals surface area contributed by atoms with Crippen molar-refractivity contribution in [2.75, 3.05) is 11.1 Å². The summed E-state index contributed by atoms with van der Waals surface area (Å²) in [7, 11) is 0. The minimum absolute atomic E-state index is 0.0109. The molecule has 0 aliphatic carbocycles. The largest absolute Gasteiger partial charge is 0.317 e. The van der Waals surface area contributed by atoms with Gasteiger partial charge in [-0.1, -0.05) is 36.9 Å². The Morgan fingerprint density at radius 2 is 2.15 bits per heavy atom.